The molecule has 0 spiro atoms. The van der Waals surface area contributed by atoms with Gasteiger partial charge in [-0.05, 0) is 18.8 Å². The fourth-order valence-electron chi connectivity index (χ4n) is 3.20. The first-order valence-corrected chi connectivity index (χ1v) is 7.34. The molecule has 4 heteroatoms. The fourth-order valence-corrected chi connectivity index (χ4v) is 3.20. The van der Waals surface area contributed by atoms with Gasteiger partial charge in [0.1, 0.15) is 0 Å². The molecule has 1 saturated carbocycles. The Morgan fingerprint density at radius 1 is 1.22 bits per heavy atom. The molecule has 2 atom stereocenters. The van der Waals surface area contributed by atoms with Crippen molar-refractivity contribution in [1.82, 2.24) is 9.80 Å². The molecule has 1 heterocycles. The summed E-state index contributed by atoms with van der Waals surface area (Å²) in [7, 11) is 0. The van der Waals surface area contributed by atoms with Crippen LogP contribution in [0.3, 0.4) is 0 Å². The maximum atomic E-state index is 12.4. The number of rotatable bonds is 3. The number of amides is 1. The zero-order valence-electron chi connectivity index (χ0n) is 11.8. The monoisotopic (exact) mass is 253 g/mol. The van der Waals surface area contributed by atoms with Crippen LogP contribution in [0.2, 0.25) is 0 Å². The lowest BCUT2D eigenvalue weighted by Gasteiger charge is -2.37. The summed E-state index contributed by atoms with van der Waals surface area (Å²) in [5.74, 6) is 1.11. The van der Waals surface area contributed by atoms with Crippen LogP contribution in [0.1, 0.15) is 33.1 Å². The molecule has 1 saturated heterocycles. The molecule has 2 rings (SSSR count). The molecule has 0 aromatic heterocycles. The maximum absolute atomic E-state index is 12.4. The van der Waals surface area contributed by atoms with E-state index in [1.165, 1.54) is 0 Å². The summed E-state index contributed by atoms with van der Waals surface area (Å²) in [6.45, 7) is 9.44. The van der Waals surface area contributed by atoms with Crippen LogP contribution in [-0.2, 0) is 4.79 Å². The second kappa shape index (κ2) is 6.02. The van der Waals surface area contributed by atoms with Crippen molar-refractivity contribution in [2.45, 2.75) is 39.2 Å². The van der Waals surface area contributed by atoms with Gasteiger partial charge in [0.05, 0.1) is 5.92 Å². The number of nitrogens with two attached hydrogens (primary N) is 1. The lowest BCUT2D eigenvalue weighted by molar-refractivity contribution is -0.137. The normalized spacial score (nSPS) is 30.1. The molecule has 18 heavy (non-hydrogen) atoms. The van der Waals surface area contributed by atoms with Gasteiger partial charge in [-0.1, -0.05) is 20.3 Å². The maximum Gasteiger partial charge on any atom is 0.227 e. The Hall–Kier alpha value is -0.610. The summed E-state index contributed by atoms with van der Waals surface area (Å²) >= 11 is 0. The molecule has 0 aromatic carbocycles. The van der Waals surface area contributed by atoms with Gasteiger partial charge in [0.25, 0.3) is 0 Å². The number of carbonyl (C=O) groups is 1. The molecule has 2 fully saturated rings. The fraction of sp³-hybridized carbons (Fsp3) is 0.929. The van der Waals surface area contributed by atoms with Crippen molar-refractivity contribution < 1.29 is 4.79 Å². The molecule has 0 aromatic rings. The lowest BCUT2D eigenvalue weighted by Crippen LogP contribution is -2.52. The Balaban J connectivity index is 1.80. The van der Waals surface area contributed by atoms with Gasteiger partial charge in [0.15, 0.2) is 0 Å². The zero-order chi connectivity index (χ0) is 13.1. The van der Waals surface area contributed by atoms with Crippen LogP contribution >= 0.6 is 0 Å². The standard InChI is InChI=1S/C14H27N3O/c1-11(2)10-16-6-8-17(9-7-16)14(18)12-4-3-5-13(12)15/h11-13H,3-10,15H2,1-2H3. The van der Waals surface area contributed by atoms with Gasteiger partial charge in [-0.3, -0.25) is 9.69 Å². The second-order valence-corrected chi connectivity index (χ2v) is 6.22. The molecular formula is C14H27N3O. The lowest BCUT2D eigenvalue weighted by atomic mass is 10.0. The number of hydrogen-bond acceptors (Lipinski definition) is 3. The molecule has 4 nitrogen and oxygen atoms in total. The Kier molecular flexibility index (Phi) is 4.62. The Labute approximate surface area is 110 Å². The van der Waals surface area contributed by atoms with Crippen molar-refractivity contribution in [3.63, 3.8) is 0 Å². The SMILES string of the molecule is CC(C)CN1CCN(C(=O)C2CCCC2N)CC1. The largest absolute Gasteiger partial charge is 0.340 e. The molecule has 1 aliphatic heterocycles. The average molecular weight is 253 g/mol. The summed E-state index contributed by atoms with van der Waals surface area (Å²) in [6, 6.07) is 0.103. The van der Waals surface area contributed by atoms with E-state index in [-0.39, 0.29) is 12.0 Å². The summed E-state index contributed by atoms with van der Waals surface area (Å²) in [6.07, 6.45) is 3.13. The van der Waals surface area contributed by atoms with Crippen LogP contribution in [-0.4, -0.2) is 54.5 Å². The van der Waals surface area contributed by atoms with Gasteiger partial charge in [-0.2, -0.15) is 0 Å². The molecule has 1 aliphatic carbocycles. The molecule has 104 valence electrons. The van der Waals surface area contributed by atoms with E-state index < -0.39 is 0 Å². The van der Waals surface area contributed by atoms with Crippen molar-refractivity contribution in [2.24, 2.45) is 17.6 Å². The van der Waals surface area contributed by atoms with Gasteiger partial charge in [-0.25, -0.2) is 0 Å². The van der Waals surface area contributed by atoms with Crippen molar-refractivity contribution in [3.05, 3.63) is 0 Å². The molecule has 2 aliphatic rings. The highest BCUT2D eigenvalue weighted by atomic mass is 16.2. The second-order valence-electron chi connectivity index (χ2n) is 6.22. The molecule has 1 amide bonds. The first-order chi connectivity index (χ1) is 8.58. The van der Waals surface area contributed by atoms with E-state index in [2.05, 4.69) is 18.7 Å². The van der Waals surface area contributed by atoms with Gasteiger partial charge in [0.2, 0.25) is 5.91 Å². The Morgan fingerprint density at radius 2 is 1.89 bits per heavy atom. The summed E-state index contributed by atoms with van der Waals surface area (Å²) in [5, 5.41) is 0. The van der Waals surface area contributed by atoms with Gasteiger partial charge in [0, 0.05) is 38.8 Å². The molecule has 0 radical (unpaired) electrons. The first kappa shape index (κ1) is 13.8. The zero-order valence-corrected chi connectivity index (χ0v) is 11.8. The summed E-state index contributed by atoms with van der Waals surface area (Å²) in [5.41, 5.74) is 6.02. The van der Waals surface area contributed by atoms with Gasteiger partial charge < -0.3 is 10.6 Å². The minimum Gasteiger partial charge on any atom is -0.340 e. The van der Waals surface area contributed by atoms with Crippen molar-refractivity contribution in [1.29, 1.82) is 0 Å². The highest BCUT2D eigenvalue weighted by molar-refractivity contribution is 5.80. The van der Waals surface area contributed by atoms with Crippen LogP contribution in [0.15, 0.2) is 0 Å². The van der Waals surface area contributed by atoms with E-state index in [1.54, 1.807) is 0 Å². The van der Waals surface area contributed by atoms with Crippen LogP contribution in [0.4, 0.5) is 0 Å². The van der Waals surface area contributed by atoms with Crippen molar-refractivity contribution in [2.75, 3.05) is 32.7 Å². The van der Waals surface area contributed by atoms with E-state index in [1.807, 2.05) is 4.90 Å². The minimum absolute atomic E-state index is 0.0987. The minimum atomic E-state index is 0.0987. The highest BCUT2D eigenvalue weighted by Crippen LogP contribution is 2.26. The van der Waals surface area contributed by atoms with Gasteiger partial charge in [-0.15, -0.1) is 0 Å². The van der Waals surface area contributed by atoms with Gasteiger partial charge >= 0.3 is 0 Å². The smallest absolute Gasteiger partial charge is 0.227 e. The Morgan fingerprint density at radius 3 is 2.39 bits per heavy atom. The van der Waals surface area contributed by atoms with Crippen molar-refractivity contribution >= 4 is 5.91 Å². The topological polar surface area (TPSA) is 49.6 Å². The molecule has 2 unspecified atom stereocenters. The predicted octanol–water partition coefficient (Wildman–Crippen LogP) is 0.914. The summed E-state index contributed by atoms with van der Waals surface area (Å²) < 4.78 is 0. The third-order valence-electron chi connectivity index (χ3n) is 4.19. The molecular weight excluding hydrogens is 226 g/mol. The van der Waals surface area contributed by atoms with E-state index in [0.29, 0.717) is 11.8 Å². The number of carbonyl (C=O) groups excluding carboxylic acids is 1. The Bertz CT molecular complexity index is 285. The quantitative estimate of drug-likeness (QED) is 0.813. The van der Waals surface area contributed by atoms with Crippen LogP contribution in [0.5, 0.6) is 0 Å². The van der Waals surface area contributed by atoms with Crippen LogP contribution < -0.4 is 5.73 Å². The molecule has 2 N–H and O–H groups in total. The van der Waals surface area contributed by atoms with E-state index >= 15 is 0 Å². The number of hydrogen-bond donors (Lipinski definition) is 1. The van der Waals surface area contributed by atoms with Crippen LogP contribution in [0, 0.1) is 11.8 Å². The van der Waals surface area contributed by atoms with E-state index in [9.17, 15) is 4.79 Å². The van der Waals surface area contributed by atoms with Crippen molar-refractivity contribution in [3.8, 4) is 0 Å². The average Bonchev–Trinajstić information content (AvgIpc) is 2.75. The predicted molar refractivity (Wildman–Crippen MR) is 73.2 cm³/mol. The molecule has 0 bridgehead atoms. The van der Waals surface area contributed by atoms with E-state index in [0.717, 1.165) is 52.0 Å². The third-order valence-corrected chi connectivity index (χ3v) is 4.19. The highest BCUT2D eigenvalue weighted by Gasteiger charge is 2.34. The number of nitrogens with zero attached hydrogens (tertiary/aromatic N) is 2. The van der Waals surface area contributed by atoms with E-state index in [4.69, 9.17) is 5.73 Å². The number of piperazine rings is 1. The van der Waals surface area contributed by atoms with Crippen LogP contribution in [0.25, 0.3) is 0 Å². The third kappa shape index (κ3) is 3.23. The first-order valence-electron chi connectivity index (χ1n) is 7.34. The summed E-state index contributed by atoms with van der Waals surface area (Å²) in [4.78, 5) is 16.9.